The third-order valence-corrected chi connectivity index (χ3v) is 2.88. The molecular formula is C12H20N2O6. The zero-order chi connectivity index (χ0) is 15.1. The molecule has 1 fully saturated rings. The van der Waals surface area contributed by atoms with E-state index in [-0.39, 0.29) is 26.2 Å². The van der Waals surface area contributed by atoms with Crippen LogP contribution >= 0.6 is 0 Å². The lowest BCUT2D eigenvalue weighted by Gasteiger charge is -2.37. The lowest BCUT2D eigenvalue weighted by Crippen LogP contribution is -2.54. The highest BCUT2D eigenvalue weighted by molar-refractivity contribution is 5.81. The average molecular weight is 288 g/mol. The number of hydrogen-bond donors (Lipinski definition) is 1. The van der Waals surface area contributed by atoms with E-state index in [1.165, 1.54) is 16.8 Å². The minimum Gasteiger partial charge on any atom is -0.481 e. The molecule has 8 nitrogen and oxygen atoms in total. The molecule has 1 rings (SSSR count). The van der Waals surface area contributed by atoms with Crippen LogP contribution < -0.4 is 0 Å². The van der Waals surface area contributed by atoms with Crippen LogP contribution in [0.3, 0.4) is 0 Å². The molecule has 0 aromatic carbocycles. The summed E-state index contributed by atoms with van der Waals surface area (Å²) in [6, 6.07) is -0.911. The average Bonchev–Trinajstić information content (AvgIpc) is 2.38. The van der Waals surface area contributed by atoms with Gasteiger partial charge >= 0.3 is 18.0 Å². The Labute approximate surface area is 117 Å². The molecule has 0 bridgehead atoms. The molecule has 1 aliphatic heterocycles. The Bertz CT molecular complexity index is 373. The van der Waals surface area contributed by atoms with Crippen LogP contribution in [-0.4, -0.2) is 78.9 Å². The lowest BCUT2D eigenvalue weighted by molar-refractivity contribution is -0.144. The Hall–Kier alpha value is -1.83. The number of esters is 1. The first kappa shape index (κ1) is 16.2. The predicted octanol–water partition coefficient (Wildman–Crippen LogP) is -0.223. The summed E-state index contributed by atoms with van der Waals surface area (Å²) in [5.41, 5.74) is 0. The molecular weight excluding hydrogens is 268 g/mol. The van der Waals surface area contributed by atoms with E-state index in [4.69, 9.17) is 14.6 Å². The molecule has 1 heterocycles. The van der Waals surface area contributed by atoms with Crippen molar-refractivity contribution >= 4 is 18.0 Å². The van der Waals surface area contributed by atoms with Gasteiger partial charge in [0.25, 0.3) is 0 Å². The van der Waals surface area contributed by atoms with Crippen LogP contribution in [0, 0.1) is 0 Å². The molecule has 0 radical (unpaired) electrons. The number of carbonyl (C=O) groups is 3. The van der Waals surface area contributed by atoms with Crippen molar-refractivity contribution < 1.29 is 29.0 Å². The van der Waals surface area contributed by atoms with Crippen molar-refractivity contribution in [1.82, 2.24) is 9.80 Å². The second-order valence-electron chi connectivity index (χ2n) is 4.46. The van der Waals surface area contributed by atoms with Crippen molar-refractivity contribution in [3.63, 3.8) is 0 Å². The molecule has 2 amide bonds. The number of carbonyl (C=O) groups excluding carboxylic acids is 2. The molecule has 0 aromatic heterocycles. The number of rotatable bonds is 5. The molecule has 1 N–H and O–H groups in total. The van der Waals surface area contributed by atoms with E-state index in [1.807, 2.05) is 0 Å². The zero-order valence-electron chi connectivity index (χ0n) is 11.7. The Morgan fingerprint density at radius 3 is 2.75 bits per heavy atom. The topological polar surface area (TPSA) is 96.4 Å². The number of carboxylic acids is 1. The first-order valence-corrected chi connectivity index (χ1v) is 6.42. The van der Waals surface area contributed by atoms with Gasteiger partial charge in [0.05, 0.1) is 32.3 Å². The maximum Gasteiger partial charge on any atom is 0.325 e. The number of urea groups is 1. The summed E-state index contributed by atoms with van der Waals surface area (Å²) in [5, 5.41) is 8.84. The molecule has 0 aliphatic carbocycles. The van der Waals surface area contributed by atoms with Crippen molar-refractivity contribution in [1.29, 1.82) is 0 Å². The van der Waals surface area contributed by atoms with E-state index >= 15 is 0 Å². The maximum absolute atomic E-state index is 12.2. The predicted molar refractivity (Wildman–Crippen MR) is 68.2 cm³/mol. The number of amides is 2. The van der Waals surface area contributed by atoms with Crippen molar-refractivity contribution in [3.05, 3.63) is 0 Å². The molecule has 0 saturated carbocycles. The van der Waals surface area contributed by atoms with E-state index in [1.54, 1.807) is 6.92 Å². The Morgan fingerprint density at radius 2 is 2.15 bits per heavy atom. The number of ether oxygens (including phenoxy) is 2. The van der Waals surface area contributed by atoms with Gasteiger partial charge in [0.2, 0.25) is 0 Å². The molecule has 0 aromatic rings. The van der Waals surface area contributed by atoms with Gasteiger partial charge < -0.3 is 24.4 Å². The first-order chi connectivity index (χ1) is 9.45. The molecule has 1 atom stereocenters. The second-order valence-corrected chi connectivity index (χ2v) is 4.46. The maximum atomic E-state index is 12.2. The van der Waals surface area contributed by atoms with Crippen LogP contribution in [0.5, 0.6) is 0 Å². The fourth-order valence-electron chi connectivity index (χ4n) is 1.96. The number of carboxylic acid groups (broad SMARTS) is 1. The van der Waals surface area contributed by atoms with Gasteiger partial charge in [-0.2, -0.15) is 0 Å². The van der Waals surface area contributed by atoms with E-state index in [0.29, 0.717) is 13.2 Å². The monoisotopic (exact) mass is 288 g/mol. The highest BCUT2D eigenvalue weighted by atomic mass is 16.5. The van der Waals surface area contributed by atoms with E-state index < -0.39 is 24.0 Å². The van der Waals surface area contributed by atoms with Gasteiger partial charge in [-0.25, -0.2) is 4.79 Å². The molecule has 8 heteroatoms. The SMILES string of the molecule is CCOC(=O)CN(C)C(=O)N1CCOCC1CC(=O)O. The van der Waals surface area contributed by atoms with Gasteiger partial charge in [-0.3, -0.25) is 9.59 Å². The summed E-state index contributed by atoms with van der Waals surface area (Å²) in [4.78, 5) is 37.0. The smallest absolute Gasteiger partial charge is 0.325 e. The van der Waals surface area contributed by atoms with Crippen molar-refractivity contribution in [2.45, 2.75) is 19.4 Å². The van der Waals surface area contributed by atoms with Gasteiger partial charge in [0.1, 0.15) is 6.54 Å². The standard InChI is InChI=1S/C12H20N2O6/c1-3-20-11(17)7-13(2)12(18)14-4-5-19-8-9(14)6-10(15)16/h9H,3-8H2,1-2H3,(H,15,16). The van der Waals surface area contributed by atoms with Crippen LogP contribution in [0.1, 0.15) is 13.3 Å². The van der Waals surface area contributed by atoms with E-state index in [0.717, 1.165) is 0 Å². The summed E-state index contributed by atoms with van der Waals surface area (Å²) >= 11 is 0. The summed E-state index contributed by atoms with van der Waals surface area (Å²) < 4.78 is 9.97. The van der Waals surface area contributed by atoms with Gasteiger partial charge in [0.15, 0.2) is 0 Å². The van der Waals surface area contributed by atoms with Crippen LogP contribution in [-0.2, 0) is 19.1 Å². The van der Waals surface area contributed by atoms with Gasteiger partial charge in [-0.1, -0.05) is 0 Å². The van der Waals surface area contributed by atoms with Crippen LogP contribution in [0.25, 0.3) is 0 Å². The summed E-state index contributed by atoms with van der Waals surface area (Å²) in [6.45, 7) is 2.62. The molecule has 1 unspecified atom stereocenters. The summed E-state index contributed by atoms with van der Waals surface area (Å²) in [6.07, 6.45) is -0.182. The van der Waals surface area contributed by atoms with Gasteiger partial charge in [-0.05, 0) is 6.92 Å². The van der Waals surface area contributed by atoms with Crippen molar-refractivity contribution in [2.24, 2.45) is 0 Å². The molecule has 114 valence electrons. The molecule has 0 spiro atoms. The number of aliphatic carboxylic acids is 1. The van der Waals surface area contributed by atoms with Crippen molar-refractivity contribution in [3.8, 4) is 0 Å². The molecule has 20 heavy (non-hydrogen) atoms. The van der Waals surface area contributed by atoms with Crippen LogP contribution in [0.2, 0.25) is 0 Å². The molecule has 1 aliphatic rings. The largest absolute Gasteiger partial charge is 0.481 e. The zero-order valence-corrected chi connectivity index (χ0v) is 11.7. The minimum absolute atomic E-state index is 0.163. The second kappa shape index (κ2) is 7.68. The van der Waals surface area contributed by atoms with Gasteiger partial charge in [-0.15, -0.1) is 0 Å². The lowest BCUT2D eigenvalue weighted by atomic mass is 10.1. The fraction of sp³-hybridized carbons (Fsp3) is 0.750. The number of likely N-dealkylation sites (N-methyl/N-ethyl adjacent to an activating group) is 1. The number of nitrogens with zero attached hydrogens (tertiary/aromatic N) is 2. The highest BCUT2D eigenvalue weighted by Gasteiger charge is 2.31. The molecule has 1 saturated heterocycles. The quantitative estimate of drug-likeness (QED) is 0.702. The van der Waals surface area contributed by atoms with Gasteiger partial charge in [0, 0.05) is 13.6 Å². The number of hydrogen-bond acceptors (Lipinski definition) is 5. The third kappa shape index (κ3) is 4.69. The van der Waals surface area contributed by atoms with Crippen molar-refractivity contribution in [2.75, 3.05) is 40.0 Å². The Morgan fingerprint density at radius 1 is 1.45 bits per heavy atom. The first-order valence-electron chi connectivity index (χ1n) is 6.42. The summed E-state index contributed by atoms with van der Waals surface area (Å²) in [5.74, 6) is -1.49. The Balaban J connectivity index is 2.62. The van der Waals surface area contributed by atoms with E-state index in [2.05, 4.69) is 0 Å². The Kier molecular flexibility index (Phi) is 6.23. The fourth-order valence-corrected chi connectivity index (χ4v) is 1.96. The van der Waals surface area contributed by atoms with E-state index in [9.17, 15) is 14.4 Å². The third-order valence-electron chi connectivity index (χ3n) is 2.88. The number of morpholine rings is 1. The van der Waals surface area contributed by atoms with Crippen LogP contribution in [0.15, 0.2) is 0 Å². The summed E-state index contributed by atoms with van der Waals surface area (Å²) in [7, 11) is 1.48. The van der Waals surface area contributed by atoms with Crippen LogP contribution in [0.4, 0.5) is 4.79 Å². The minimum atomic E-state index is -0.994. The normalized spacial score (nSPS) is 18.5. The highest BCUT2D eigenvalue weighted by Crippen LogP contribution is 2.13.